The first-order chi connectivity index (χ1) is 14.0. The minimum absolute atomic E-state index is 0.0539. The maximum absolute atomic E-state index is 12.1. The normalized spacial score (nSPS) is 10.5. The van der Waals surface area contributed by atoms with Gasteiger partial charge in [0.05, 0.1) is 18.7 Å². The average molecular weight is 454 g/mol. The van der Waals surface area contributed by atoms with E-state index < -0.39 is 5.97 Å². The lowest BCUT2D eigenvalue weighted by molar-refractivity contribution is 0.0501. The summed E-state index contributed by atoms with van der Waals surface area (Å²) in [6.07, 6.45) is 0.477. The third-order valence-electron chi connectivity index (χ3n) is 3.77. The topological polar surface area (TPSA) is 70.5 Å². The number of aromatic nitrogens is 2. The van der Waals surface area contributed by atoms with Crippen molar-refractivity contribution in [2.24, 2.45) is 0 Å². The third kappa shape index (κ3) is 5.73. The fraction of sp³-hybridized carbons (Fsp3) is 0.150. The number of ether oxygens (including phenoxy) is 3. The van der Waals surface area contributed by atoms with Gasteiger partial charge in [-0.05, 0) is 42.0 Å². The molecule has 0 atom stereocenters. The molecular formula is C20H15Cl3N2O4. The van der Waals surface area contributed by atoms with Gasteiger partial charge in [0, 0.05) is 17.5 Å². The molecule has 0 radical (unpaired) electrons. The molecule has 2 aromatic carbocycles. The molecular weight excluding hydrogens is 439 g/mol. The molecule has 3 aromatic rings. The van der Waals surface area contributed by atoms with E-state index in [1.807, 2.05) is 6.07 Å². The zero-order chi connectivity index (χ0) is 20.8. The van der Waals surface area contributed by atoms with Gasteiger partial charge in [-0.15, -0.1) is 10.2 Å². The lowest BCUT2D eigenvalue weighted by Crippen LogP contribution is -2.11. The number of methoxy groups -OCH3 is 1. The summed E-state index contributed by atoms with van der Waals surface area (Å²) in [7, 11) is 1.56. The second kappa shape index (κ2) is 9.78. The molecule has 0 aliphatic rings. The Labute approximate surface area is 182 Å². The highest BCUT2D eigenvalue weighted by Gasteiger charge is 2.12. The minimum atomic E-state index is -0.598. The lowest BCUT2D eigenvalue weighted by Gasteiger charge is -2.08. The third-order valence-corrected chi connectivity index (χ3v) is 4.79. The van der Waals surface area contributed by atoms with E-state index in [0.29, 0.717) is 28.0 Å². The highest BCUT2D eigenvalue weighted by molar-refractivity contribution is 6.42. The number of carbonyl (C=O) groups is 1. The van der Waals surface area contributed by atoms with Crippen LogP contribution in [0, 0.1) is 0 Å². The van der Waals surface area contributed by atoms with Gasteiger partial charge in [-0.25, -0.2) is 4.79 Å². The van der Waals surface area contributed by atoms with E-state index in [-0.39, 0.29) is 23.2 Å². The van der Waals surface area contributed by atoms with Gasteiger partial charge < -0.3 is 14.2 Å². The monoisotopic (exact) mass is 452 g/mol. The Morgan fingerprint density at radius 2 is 1.86 bits per heavy atom. The van der Waals surface area contributed by atoms with E-state index in [9.17, 15) is 4.79 Å². The maximum Gasteiger partial charge on any atom is 0.358 e. The largest absolute Gasteiger partial charge is 0.497 e. The van der Waals surface area contributed by atoms with Gasteiger partial charge in [-0.2, -0.15) is 0 Å². The van der Waals surface area contributed by atoms with Crippen molar-refractivity contribution in [1.82, 2.24) is 10.2 Å². The van der Waals surface area contributed by atoms with Crippen LogP contribution in [0.2, 0.25) is 15.1 Å². The van der Waals surface area contributed by atoms with E-state index in [0.717, 1.165) is 5.56 Å². The predicted octanol–water partition coefficient (Wildman–Crippen LogP) is 5.64. The highest BCUT2D eigenvalue weighted by Crippen LogP contribution is 2.33. The van der Waals surface area contributed by atoms with E-state index in [1.165, 1.54) is 12.1 Å². The summed E-state index contributed by atoms with van der Waals surface area (Å²) in [5, 5.41) is 8.85. The zero-order valence-corrected chi connectivity index (χ0v) is 17.5. The number of halogens is 3. The first-order valence-corrected chi connectivity index (χ1v) is 9.56. The van der Waals surface area contributed by atoms with Gasteiger partial charge in [0.2, 0.25) is 5.88 Å². The number of benzene rings is 2. The van der Waals surface area contributed by atoms with Crippen molar-refractivity contribution in [1.29, 1.82) is 0 Å². The first-order valence-electron chi connectivity index (χ1n) is 8.42. The highest BCUT2D eigenvalue weighted by atomic mass is 35.5. The fourth-order valence-electron chi connectivity index (χ4n) is 2.38. The van der Waals surface area contributed by atoms with Crippen LogP contribution >= 0.6 is 34.8 Å². The molecule has 29 heavy (non-hydrogen) atoms. The standard InChI is InChI=1S/C20H15Cl3N2O4/c1-27-14-10-12(9-13(21)11-14)7-8-28-20(26)16-5-6-18(25-24-16)29-17-4-2-3-15(22)19(17)23/h2-6,9-11H,7-8H2,1H3. The van der Waals surface area contributed by atoms with Crippen LogP contribution in [0.15, 0.2) is 48.5 Å². The van der Waals surface area contributed by atoms with Crippen molar-refractivity contribution in [3.05, 3.63) is 74.9 Å². The molecule has 1 heterocycles. The van der Waals surface area contributed by atoms with Crippen molar-refractivity contribution >= 4 is 40.8 Å². The van der Waals surface area contributed by atoms with Gasteiger partial charge in [-0.1, -0.05) is 40.9 Å². The molecule has 0 aliphatic carbocycles. The summed E-state index contributed by atoms with van der Waals surface area (Å²) < 4.78 is 15.9. The number of hydrogen-bond donors (Lipinski definition) is 0. The van der Waals surface area contributed by atoms with Crippen LogP contribution < -0.4 is 9.47 Å². The van der Waals surface area contributed by atoms with Crippen LogP contribution in [0.1, 0.15) is 16.1 Å². The molecule has 0 amide bonds. The first kappa shape index (κ1) is 21.2. The quantitative estimate of drug-likeness (QED) is 0.431. The number of rotatable bonds is 7. The Balaban J connectivity index is 1.56. The number of esters is 1. The van der Waals surface area contributed by atoms with Crippen molar-refractivity contribution in [2.45, 2.75) is 6.42 Å². The summed E-state index contributed by atoms with van der Waals surface area (Å²) in [4.78, 5) is 12.1. The van der Waals surface area contributed by atoms with E-state index in [4.69, 9.17) is 49.0 Å². The summed E-state index contributed by atoms with van der Waals surface area (Å²) >= 11 is 18.0. The molecule has 0 aliphatic heterocycles. The molecule has 0 N–H and O–H groups in total. The second-order valence-electron chi connectivity index (χ2n) is 5.80. The molecule has 3 rings (SSSR count). The van der Waals surface area contributed by atoms with Gasteiger partial charge in [0.1, 0.15) is 16.5 Å². The smallest absolute Gasteiger partial charge is 0.358 e. The Bertz CT molecular complexity index is 1010. The summed E-state index contributed by atoms with van der Waals surface area (Å²) in [6, 6.07) is 13.2. The molecule has 1 aromatic heterocycles. The predicted molar refractivity (Wildman–Crippen MR) is 111 cm³/mol. The number of hydrogen-bond acceptors (Lipinski definition) is 6. The van der Waals surface area contributed by atoms with Crippen LogP contribution in [0.5, 0.6) is 17.4 Å². The fourth-order valence-corrected chi connectivity index (χ4v) is 2.96. The van der Waals surface area contributed by atoms with Crippen LogP contribution in [0.3, 0.4) is 0 Å². The van der Waals surface area contributed by atoms with Crippen LogP contribution in [0.25, 0.3) is 0 Å². The second-order valence-corrected chi connectivity index (χ2v) is 7.02. The molecule has 0 spiro atoms. The molecule has 9 heteroatoms. The van der Waals surface area contributed by atoms with Crippen LogP contribution in [-0.2, 0) is 11.2 Å². The van der Waals surface area contributed by atoms with E-state index in [1.54, 1.807) is 37.4 Å². The van der Waals surface area contributed by atoms with Crippen LogP contribution in [-0.4, -0.2) is 29.9 Å². The molecule has 0 fully saturated rings. The molecule has 0 unspecified atom stereocenters. The lowest BCUT2D eigenvalue weighted by atomic mass is 10.1. The van der Waals surface area contributed by atoms with Crippen molar-refractivity contribution in [2.75, 3.05) is 13.7 Å². The maximum atomic E-state index is 12.1. The number of nitrogens with zero attached hydrogens (tertiary/aromatic N) is 2. The van der Waals surface area contributed by atoms with Gasteiger partial charge >= 0.3 is 5.97 Å². The zero-order valence-electron chi connectivity index (χ0n) is 15.2. The molecule has 6 nitrogen and oxygen atoms in total. The molecule has 150 valence electrons. The van der Waals surface area contributed by atoms with Crippen molar-refractivity contribution in [3.63, 3.8) is 0 Å². The van der Waals surface area contributed by atoms with E-state index in [2.05, 4.69) is 10.2 Å². The van der Waals surface area contributed by atoms with Crippen molar-refractivity contribution < 1.29 is 19.0 Å². The van der Waals surface area contributed by atoms with Gasteiger partial charge in [-0.3, -0.25) is 0 Å². The van der Waals surface area contributed by atoms with E-state index >= 15 is 0 Å². The SMILES string of the molecule is COc1cc(Cl)cc(CCOC(=O)c2ccc(Oc3cccc(Cl)c3Cl)nn2)c1. The summed E-state index contributed by atoms with van der Waals surface area (Å²) in [6.45, 7) is 0.153. The molecule has 0 saturated carbocycles. The summed E-state index contributed by atoms with van der Waals surface area (Å²) in [5.74, 6) is 0.538. The van der Waals surface area contributed by atoms with Crippen LogP contribution in [0.4, 0.5) is 0 Å². The molecule has 0 saturated heterocycles. The Kier molecular flexibility index (Phi) is 7.14. The minimum Gasteiger partial charge on any atom is -0.497 e. The summed E-state index contributed by atoms with van der Waals surface area (Å²) in [5.41, 5.74) is 0.939. The Hall–Kier alpha value is -2.54. The molecule has 0 bridgehead atoms. The van der Waals surface area contributed by atoms with Gasteiger partial charge in [0.25, 0.3) is 0 Å². The van der Waals surface area contributed by atoms with Crippen molar-refractivity contribution in [3.8, 4) is 17.4 Å². The average Bonchev–Trinajstić information content (AvgIpc) is 2.71. The number of carbonyl (C=O) groups excluding carboxylic acids is 1. The Morgan fingerprint density at radius 3 is 2.59 bits per heavy atom. The Morgan fingerprint density at radius 1 is 1.03 bits per heavy atom. The van der Waals surface area contributed by atoms with Gasteiger partial charge in [0.15, 0.2) is 5.69 Å².